The third kappa shape index (κ3) is 4.82. The van der Waals surface area contributed by atoms with E-state index in [-0.39, 0.29) is 36.0 Å². The van der Waals surface area contributed by atoms with Crippen LogP contribution in [0.1, 0.15) is 18.1 Å². The van der Waals surface area contributed by atoms with Crippen LogP contribution >= 0.6 is 0 Å². The minimum atomic E-state index is -4.02. The number of carbonyl (C=O) groups excluding carboxylic acids is 1. The summed E-state index contributed by atoms with van der Waals surface area (Å²) in [5.74, 6) is -0.776. The zero-order valence-corrected chi connectivity index (χ0v) is 19.3. The van der Waals surface area contributed by atoms with E-state index in [1.54, 1.807) is 31.2 Å². The molecule has 0 aliphatic carbocycles. The summed E-state index contributed by atoms with van der Waals surface area (Å²) >= 11 is 0. The Balaban J connectivity index is 1.95. The van der Waals surface area contributed by atoms with E-state index in [1.165, 1.54) is 24.3 Å². The van der Waals surface area contributed by atoms with Gasteiger partial charge < -0.3 is 4.74 Å². The number of ether oxygens (including phenoxy) is 1. The van der Waals surface area contributed by atoms with Gasteiger partial charge in [0.25, 0.3) is 0 Å². The molecule has 0 amide bonds. The van der Waals surface area contributed by atoms with Crippen LogP contribution in [0.5, 0.6) is 0 Å². The number of benzene rings is 2. The molecule has 8 nitrogen and oxygen atoms in total. The Kier molecular flexibility index (Phi) is 6.85. The molecule has 168 valence electrons. The fourth-order valence-electron chi connectivity index (χ4n) is 3.38. The largest absolute Gasteiger partial charge is 0.465 e. The van der Waals surface area contributed by atoms with Crippen molar-refractivity contribution in [2.45, 2.75) is 36.6 Å². The van der Waals surface area contributed by atoms with E-state index in [1.807, 2.05) is 13.8 Å². The molecule has 0 spiro atoms. The number of piperazine rings is 1. The fourth-order valence-corrected chi connectivity index (χ4v) is 6.38. The van der Waals surface area contributed by atoms with Crippen molar-refractivity contribution in [2.75, 3.05) is 26.2 Å². The SMILES string of the molecule is CCOC(=O)[C@H]1CN(S(=O)(=O)c2ccc(C)cc2)CCN1S(=O)(=O)c1ccc(C)cc1. The van der Waals surface area contributed by atoms with Gasteiger partial charge in [0.15, 0.2) is 0 Å². The molecular formula is C21H26N2O6S2. The maximum Gasteiger partial charge on any atom is 0.325 e. The minimum Gasteiger partial charge on any atom is -0.465 e. The number of rotatable bonds is 6. The first kappa shape index (κ1) is 23.4. The topological polar surface area (TPSA) is 101 Å². The predicted octanol–water partition coefficient (Wildman–Crippen LogP) is 1.93. The molecular weight excluding hydrogens is 440 g/mol. The summed E-state index contributed by atoms with van der Waals surface area (Å²) in [7, 11) is -7.91. The molecule has 0 saturated carbocycles. The zero-order valence-electron chi connectivity index (χ0n) is 17.7. The summed E-state index contributed by atoms with van der Waals surface area (Å²) in [6.45, 7) is 4.80. The molecule has 1 atom stereocenters. The maximum absolute atomic E-state index is 13.2. The highest BCUT2D eigenvalue weighted by atomic mass is 32.2. The van der Waals surface area contributed by atoms with Crippen LogP contribution in [0.4, 0.5) is 0 Å². The molecule has 0 aromatic heterocycles. The van der Waals surface area contributed by atoms with Crippen molar-refractivity contribution in [3.8, 4) is 0 Å². The van der Waals surface area contributed by atoms with Crippen molar-refractivity contribution in [1.82, 2.24) is 8.61 Å². The zero-order chi connectivity index (χ0) is 22.8. The predicted molar refractivity (Wildman–Crippen MR) is 115 cm³/mol. The van der Waals surface area contributed by atoms with Crippen molar-refractivity contribution >= 4 is 26.0 Å². The van der Waals surface area contributed by atoms with E-state index >= 15 is 0 Å². The van der Waals surface area contributed by atoms with Crippen LogP contribution in [-0.4, -0.2) is 63.7 Å². The average Bonchev–Trinajstić information content (AvgIpc) is 2.74. The van der Waals surface area contributed by atoms with Crippen LogP contribution < -0.4 is 0 Å². The number of hydrogen-bond acceptors (Lipinski definition) is 6. The lowest BCUT2D eigenvalue weighted by atomic mass is 10.2. The first-order chi connectivity index (χ1) is 14.6. The standard InChI is InChI=1S/C21H26N2O6S2/c1-4-29-21(24)20-15-22(30(25,26)18-9-5-16(2)6-10-18)13-14-23(20)31(27,28)19-11-7-17(3)8-12-19/h5-12,20H,4,13-15H2,1-3H3/t20-/m1/s1. The molecule has 10 heteroatoms. The molecule has 1 aliphatic heterocycles. The second-order valence-electron chi connectivity index (χ2n) is 7.37. The molecule has 0 N–H and O–H groups in total. The molecule has 0 radical (unpaired) electrons. The number of nitrogens with zero attached hydrogens (tertiary/aromatic N) is 2. The lowest BCUT2D eigenvalue weighted by molar-refractivity contribution is -0.148. The number of esters is 1. The average molecular weight is 467 g/mol. The molecule has 1 aliphatic rings. The fraction of sp³-hybridized carbons (Fsp3) is 0.381. The summed E-state index contributed by atoms with van der Waals surface area (Å²) in [4.78, 5) is 12.8. The van der Waals surface area contributed by atoms with Crippen molar-refractivity contribution < 1.29 is 26.4 Å². The number of aryl methyl sites for hydroxylation is 2. The van der Waals surface area contributed by atoms with E-state index < -0.39 is 32.1 Å². The van der Waals surface area contributed by atoms with Gasteiger partial charge in [0.1, 0.15) is 6.04 Å². The van der Waals surface area contributed by atoms with Crippen LogP contribution in [0, 0.1) is 13.8 Å². The molecule has 2 aromatic carbocycles. The molecule has 31 heavy (non-hydrogen) atoms. The molecule has 0 bridgehead atoms. The Labute approximate surface area is 183 Å². The van der Waals surface area contributed by atoms with Gasteiger partial charge in [-0.1, -0.05) is 35.4 Å². The lowest BCUT2D eigenvalue weighted by Gasteiger charge is -2.38. The van der Waals surface area contributed by atoms with Gasteiger partial charge in [-0.05, 0) is 45.0 Å². The molecule has 1 heterocycles. The Morgan fingerprint density at radius 2 is 1.35 bits per heavy atom. The molecule has 1 saturated heterocycles. The van der Waals surface area contributed by atoms with E-state index in [0.717, 1.165) is 19.7 Å². The quantitative estimate of drug-likeness (QED) is 0.603. The molecule has 0 unspecified atom stereocenters. The maximum atomic E-state index is 13.2. The van der Waals surface area contributed by atoms with Crippen LogP contribution in [0.2, 0.25) is 0 Å². The highest BCUT2D eigenvalue weighted by Gasteiger charge is 2.44. The molecule has 1 fully saturated rings. The Morgan fingerprint density at radius 1 is 0.871 bits per heavy atom. The highest BCUT2D eigenvalue weighted by Crippen LogP contribution is 2.26. The smallest absolute Gasteiger partial charge is 0.325 e. The van der Waals surface area contributed by atoms with Gasteiger partial charge in [0.05, 0.1) is 16.4 Å². The summed E-state index contributed by atoms with van der Waals surface area (Å²) in [5.41, 5.74) is 1.81. The normalized spacial score (nSPS) is 18.6. The third-order valence-corrected chi connectivity index (χ3v) is 8.94. The van der Waals surface area contributed by atoms with E-state index in [0.29, 0.717) is 0 Å². The number of sulfonamides is 2. The Hall–Kier alpha value is -2.27. The van der Waals surface area contributed by atoms with Crippen molar-refractivity contribution in [1.29, 1.82) is 0 Å². The van der Waals surface area contributed by atoms with Gasteiger partial charge in [-0.3, -0.25) is 4.79 Å². The summed E-state index contributed by atoms with van der Waals surface area (Å²) < 4.78 is 59.9. The molecule has 2 aromatic rings. The van der Waals surface area contributed by atoms with Gasteiger partial charge in [-0.15, -0.1) is 0 Å². The van der Waals surface area contributed by atoms with Crippen molar-refractivity contribution in [3.63, 3.8) is 0 Å². The van der Waals surface area contributed by atoms with Crippen LogP contribution in [0.25, 0.3) is 0 Å². The van der Waals surface area contributed by atoms with Crippen LogP contribution in [-0.2, 0) is 29.6 Å². The number of carbonyl (C=O) groups is 1. The van der Waals surface area contributed by atoms with E-state index in [9.17, 15) is 21.6 Å². The summed E-state index contributed by atoms with van der Waals surface area (Å²) in [6, 6.07) is 11.4. The van der Waals surface area contributed by atoms with Gasteiger partial charge in [-0.25, -0.2) is 16.8 Å². The first-order valence-electron chi connectivity index (χ1n) is 9.89. The first-order valence-corrected chi connectivity index (χ1v) is 12.8. The molecule has 3 rings (SSSR count). The van der Waals surface area contributed by atoms with Crippen molar-refractivity contribution in [3.05, 3.63) is 59.7 Å². The van der Waals surface area contributed by atoms with Crippen LogP contribution in [0.3, 0.4) is 0 Å². The van der Waals surface area contributed by atoms with Crippen molar-refractivity contribution in [2.24, 2.45) is 0 Å². The second kappa shape index (κ2) is 9.07. The number of hydrogen-bond donors (Lipinski definition) is 0. The summed E-state index contributed by atoms with van der Waals surface area (Å²) in [5, 5.41) is 0. The highest BCUT2D eigenvalue weighted by molar-refractivity contribution is 7.89. The van der Waals surface area contributed by atoms with Gasteiger partial charge in [0, 0.05) is 19.6 Å². The Morgan fingerprint density at radius 3 is 1.84 bits per heavy atom. The third-order valence-electron chi connectivity index (χ3n) is 5.14. The van der Waals surface area contributed by atoms with Gasteiger partial charge >= 0.3 is 5.97 Å². The monoisotopic (exact) mass is 466 g/mol. The van der Waals surface area contributed by atoms with Gasteiger partial charge in [0.2, 0.25) is 20.0 Å². The van der Waals surface area contributed by atoms with Gasteiger partial charge in [-0.2, -0.15) is 8.61 Å². The second-order valence-corrected chi connectivity index (χ2v) is 11.2. The van der Waals surface area contributed by atoms with E-state index in [4.69, 9.17) is 4.74 Å². The Bertz CT molecular complexity index is 1140. The lowest BCUT2D eigenvalue weighted by Crippen LogP contribution is -2.59. The van der Waals surface area contributed by atoms with E-state index in [2.05, 4.69) is 0 Å². The minimum absolute atomic E-state index is 0.0437. The summed E-state index contributed by atoms with van der Waals surface area (Å²) in [6.07, 6.45) is 0. The van der Waals surface area contributed by atoms with Crippen LogP contribution in [0.15, 0.2) is 58.3 Å².